The Morgan fingerprint density at radius 3 is 1.47 bits per heavy atom. The fourth-order valence-electron chi connectivity index (χ4n) is 2.61. The zero-order chi connectivity index (χ0) is 14.6. The van der Waals surface area contributed by atoms with Gasteiger partial charge in [-0.2, -0.15) is 0 Å². The highest BCUT2D eigenvalue weighted by Gasteiger charge is 2.29. The normalized spacial score (nSPS) is 11.7. The summed E-state index contributed by atoms with van der Waals surface area (Å²) < 4.78 is 0. The Kier molecular flexibility index (Phi) is 11.0. The van der Waals surface area contributed by atoms with Gasteiger partial charge in [0.25, 0.3) is 0 Å². The summed E-state index contributed by atoms with van der Waals surface area (Å²) in [4.78, 5) is 11.7. The maximum absolute atomic E-state index is 11.7. The summed E-state index contributed by atoms with van der Waals surface area (Å²) in [5, 5.41) is 0. The van der Waals surface area contributed by atoms with Crippen LogP contribution in [-0.4, -0.2) is 5.91 Å². The predicted molar refractivity (Wildman–Crippen MR) is 84.1 cm³/mol. The molecule has 0 heterocycles. The number of nitrogens with two attached hydrogens (primary N) is 1. The minimum atomic E-state index is -0.265. The predicted octanol–water partition coefficient (Wildman–Crippen LogP) is 5.20. The molecule has 0 aliphatic heterocycles. The van der Waals surface area contributed by atoms with Crippen molar-refractivity contribution in [3.8, 4) is 0 Å². The summed E-state index contributed by atoms with van der Waals surface area (Å²) in [5.74, 6) is -0.0986. The first kappa shape index (κ1) is 18.5. The molecule has 0 unspecified atom stereocenters. The maximum atomic E-state index is 11.7. The third-order valence-corrected chi connectivity index (χ3v) is 4.26. The molecule has 19 heavy (non-hydrogen) atoms. The molecule has 0 spiro atoms. The van der Waals surface area contributed by atoms with Crippen LogP contribution in [0.5, 0.6) is 0 Å². The van der Waals surface area contributed by atoms with Gasteiger partial charge < -0.3 is 5.73 Å². The fraction of sp³-hybridized carbons (Fsp3) is 0.941. The van der Waals surface area contributed by atoms with E-state index in [1.807, 2.05) is 0 Å². The Bertz CT molecular complexity index is 211. The Hall–Kier alpha value is -0.530. The lowest BCUT2D eigenvalue weighted by atomic mass is 9.79. The standard InChI is InChI=1S/C17H35NO/c1-4-6-8-10-12-14-17(3,16(18)19)15-13-11-9-7-5-2/h4-15H2,1-3H3,(H2,18,19). The van der Waals surface area contributed by atoms with Gasteiger partial charge in [-0.25, -0.2) is 0 Å². The third-order valence-electron chi connectivity index (χ3n) is 4.26. The van der Waals surface area contributed by atoms with Crippen LogP contribution in [0.1, 0.15) is 97.8 Å². The molecule has 0 bridgehead atoms. The van der Waals surface area contributed by atoms with E-state index in [9.17, 15) is 4.79 Å². The summed E-state index contributed by atoms with van der Waals surface area (Å²) in [6, 6.07) is 0. The summed E-state index contributed by atoms with van der Waals surface area (Å²) in [7, 11) is 0. The SMILES string of the molecule is CCCCCCCC(C)(CCCCCCC)C(N)=O. The molecule has 0 aromatic carbocycles. The molecule has 114 valence electrons. The first-order chi connectivity index (χ1) is 9.06. The van der Waals surface area contributed by atoms with Crippen LogP contribution < -0.4 is 5.73 Å². The lowest BCUT2D eigenvalue weighted by Gasteiger charge is -2.26. The van der Waals surface area contributed by atoms with Crippen molar-refractivity contribution in [2.75, 3.05) is 0 Å². The zero-order valence-electron chi connectivity index (χ0n) is 13.5. The van der Waals surface area contributed by atoms with E-state index < -0.39 is 0 Å². The summed E-state index contributed by atoms with van der Waals surface area (Å²) in [6.07, 6.45) is 14.5. The van der Waals surface area contributed by atoms with Crippen molar-refractivity contribution in [1.82, 2.24) is 0 Å². The van der Waals surface area contributed by atoms with Crippen LogP contribution in [0.15, 0.2) is 0 Å². The molecule has 0 saturated heterocycles. The first-order valence-corrected chi connectivity index (χ1v) is 8.36. The number of unbranched alkanes of at least 4 members (excludes halogenated alkanes) is 8. The van der Waals surface area contributed by atoms with Gasteiger partial charge in [0.2, 0.25) is 5.91 Å². The Labute approximate surface area is 120 Å². The van der Waals surface area contributed by atoms with Crippen LogP contribution in [0.25, 0.3) is 0 Å². The highest BCUT2D eigenvalue weighted by atomic mass is 16.1. The van der Waals surface area contributed by atoms with Gasteiger partial charge in [0.15, 0.2) is 0 Å². The number of carbonyl (C=O) groups excluding carboxylic acids is 1. The smallest absolute Gasteiger partial charge is 0.223 e. The highest BCUT2D eigenvalue weighted by molar-refractivity contribution is 5.80. The lowest BCUT2D eigenvalue weighted by Crippen LogP contribution is -2.34. The van der Waals surface area contributed by atoms with Gasteiger partial charge >= 0.3 is 0 Å². The van der Waals surface area contributed by atoms with Gasteiger partial charge in [-0.05, 0) is 12.8 Å². The van der Waals surface area contributed by atoms with E-state index in [-0.39, 0.29) is 11.3 Å². The van der Waals surface area contributed by atoms with Crippen molar-refractivity contribution in [3.63, 3.8) is 0 Å². The molecule has 2 nitrogen and oxygen atoms in total. The minimum Gasteiger partial charge on any atom is -0.369 e. The van der Waals surface area contributed by atoms with Crippen LogP contribution in [0.2, 0.25) is 0 Å². The molecule has 0 aliphatic carbocycles. The topological polar surface area (TPSA) is 43.1 Å². The number of rotatable bonds is 13. The van der Waals surface area contributed by atoms with Gasteiger partial charge in [0, 0.05) is 5.41 Å². The van der Waals surface area contributed by atoms with Crippen molar-refractivity contribution in [2.24, 2.45) is 11.1 Å². The molecule has 0 radical (unpaired) electrons. The van der Waals surface area contributed by atoms with Gasteiger partial charge in [-0.15, -0.1) is 0 Å². The Morgan fingerprint density at radius 1 is 0.789 bits per heavy atom. The van der Waals surface area contributed by atoms with Crippen LogP contribution in [0, 0.1) is 5.41 Å². The Balaban J connectivity index is 3.88. The summed E-state index contributed by atoms with van der Waals surface area (Å²) in [5.41, 5.74) is 5.35. The molecule has 0 saturated carbocycles. The molecular weight excluding hydrogens is 234 g/mol. The average Bonchev–Trinajstić information content (AvgIpc) is 2.38. The first-order valence-electron chi connectivity index (χ1n) is 8.36. The number of carbonyl (C=O) groups is 1. The number of primary amides is 1. The van der Waals surface area contributed by atoms with E-state index in [1.54, 1.807) is 0 Å². The number of hydrogen-bond donors (Lipinski definition) is 1. The molecule has 2 N–H and O–H groups in total. The third kappa shape index (κ3) is 9.07. The van der Waals surface area contributed by atoms with Crippen molar-refractivity contribution in [2.45, 2.75) is 97.8 Å². The summed E-state index contributed by atoms with van der Waals surface area (Å²) in [6.45, 7) is 6.52. The van der Waals surface area contributed by atoms with Gasteiger partial charge in [0.05, 0.1) is 0 Å². The maximum Gasteiger partial charge on any atom is 0.223 e. The van der Waals surface area contributed by atoms with Crippen molar-refractivity contribution in [3.05, 3.63) is 0 Å². The minimum absolute atomic E-state index is 0.0986. The van der Waals surface area contributed by atoms with Crippen molar-refractivity contribution < 1.29 is 4.79 Å². The molecule has 0 atom stereocenters. The number of amides is 1. The number of hydrogen-bond acceptors (Lipinski definition) is 1. The molecule has 0 rings (SSSR count). The van der Waals surface area contributed by atoms with Gasteiger partial charge in [0.1, 0.15) is 0 Å². The van der Waals surface area contributed by atoms with Crippen LogP contribution in [-0.2, 0) is 4.79 Å². The van der Waals surface area contributed by atoms with E-state index in [0.29, 0.717) is 0 Å². The van der Waals surface area contributed by atoms with E-state index in [2.05, 4.69) is 20.8 Å². The van der Waals surface area contributed by atoms with E-state index in [1.165, 1.54) is 51.4 Å². The van der Waals surface area contributed by atoms with Crippen LogP contribution in [0.4, 0.5) is 0 Å². The molecule has 0 aromatic rings. The lowest BCUT2D eigenvalue weighted by molar-refractivity contribution is -0.127. The van der Waals surface area contributed by atoms with Crippen molar-refractivity contribution >= 4 is 5.91 Å². The molecule has 1 amide bonds. The van der Waals surface area contributed by atoms with E-state index in [0.717, 1.165) is 25.7 Å². The quantitative estimate of drug-likeness (QED) is 0.459. The zero-order valence-corrected chi connectivity index (χ0v) is 13.5. The molecule has 0 aromatic heterocycles. The van der Waals surface area contributed by atoms with E-state index >= 15 is 0 Å². The van der Waals surface area contributed by atoms with Crippen molar-refractivity contribution in [1.29, 1.82) is 0 Å². The summed E-state index contributed by atoms with van der Waals surface area (Å²) >= 11 is 0. The van der Waals surface area contributed by atoms with Crippen LogP contribution in [0.3, 0.4) is 0 Å². The second-order valence-corrected chi connectivity index (χ2v) is 6.25. The van der Waals surface area contributed by atoms with Gasteiger partial charge in [-0.3, -0.25) is 4.79 Å². The Morgan fingerprint density at radius 2 is 1.16 bits per heavy atom. The molecule has 2 heteroatoms. The average molecular weight is 269 g/mol. The fourth-order valence-corrected chi connectivity index (χ4v) is 2.61. The largest absolute Gasteiger partial charge is 0.369 e. The van der Waals surface area contributed by atoms with E-state index in [4.69, 9.17) is 5.73 Å². The highest BCUT2D eigenvalue weighted by Crippen LogP contribution is 2.31. The second kappa shape index (κ2) is 11.3. The molecule has 0 aliphatic rings. The molecular formula is C17H35NO. The monoisotopic (exact) mass is 269 g/mol. The van der Waals surface area contributed by atoms with Crippen LogP contribution >= 0.6 is 0 Å². The molecule has 0 fully saturated rings. The van der Waals surface area contributed by atoms with Gasteiger partial charge in [-0.1, -0.05) is 85.0 Å². The second-order valence-electron chi connectivity index (χ2n) is 6.25.